The average molecular weight is 351 g/mol. The van der Waals surface area contributed by atoms with Crippen LogP contribution in [0.4, 0.5) is 5.69 Å². The number of aromatic amines is 1. The fourth-order valence-electron chi connectivity index (χ4n) is 2.68. The number of aromatic nitrogens is 2. The molecule has 0 spiro atoms. The highest BCUT2D eigenvalue weighted by molar-refractivity contribution is 6.04. The van der Waals surface area contributed by atoms with E-state index in [-0.39, 0.29) is 5.91 Å². The number of H-pyrrole nitrogens is 1. The summed E-state index contributed by atoms with van der Waals surface area (Å²) >= 11 is 0. The number of fused-ring (bicyclic) bond motifs is 1. The minimum Gasteiger partial charge on any atom is -0.497 e. The molecule has 0 saturated carbocycles. The minimum absolute atomic E-state index is 0.151. The smallest absolute Gasteiger partial charge is 0.251 e. The molecule has 0 bridgehead atoms. The lowest BCUT2D eigenvalue weighted by Crippen LogP contribution is -2.32. The summed E-state index contributed by atoms with van der Waals surface area (Å²) in [4.78, 5) is 14.4. The van der Waals surface area contributed by atoms with Gasteiger partial charge in [-0.25, -0.2) is 0 Å². The third-order valence-corrected chi connectivity index (χ3v) is 4.03. The monoisotopic (exact) mass is 351 g/mol. The molecule has 3 aromatic rings. The van der Waals surface area contributed by atoms with Crippen LogP contribution in [0.15, 0.2) is 54.6 Å². The molecule has 1 heterocycles. The van der Waals surface area contributed by atoms with Gasteiger partial charge >= 0.3 is 0 Å². The normalized spacial score (nSPS) is 11.2. The highest BCUT2D eigenvalue weighted by Gasteiger charge is 2.14. The molecular weight excluding hydrogens is 330 g/mol. The van der Waals surface area contributed by atoms with Gasteiger partial charge in [0.1, 0.15) is 5.75 Å². The summed E-state index contributed by atoms with van der Waals surface area (Å²) in [6, 6.07) is 15.2. The molecule has 0 atom stereocenters. The van der Waals surface area contributed by atoms with Crippen LogP contribution < -0.4 is 9.64 Å². The number of para-hydroxylation sites is 1. The van der Waals surface area contributed by atoms with E-state index in [9.17, 15) is 4.79 Å². The Hall–Kier alpha value is -3.12. The Morgan fingerprint density at radius 1 is 1.19 bits per heavy atom. The van der Waals surface area contributed by atoms with E-state index >= 15 is 0 Å². The van der Waals surface area contributed by atoms with Gasteiger partial charge in [-0.05, 0) is 24.3 Å². The number of carbonyl (C=O) groups is 1. The zero-order valence-corrected chi connectivity index (χ0v) is 14.8. The van der Waals surface area contributed by atoms with Crippen LogP contribution in [0, 0.1) is 0 Å². The summed E-state index contributed by atoms with van der Waals surface area (Å²) in [5, 5.41) is 8.19. The molecule has 1 N–H and O–H groups in total. The van der Waals surface area contributed by atoms with Crippen molar-refractivity contribution in [1.29, 1.82) is 0 Å². The van der Waals surface area contributed by atoms with E-state index in [4.69, 9.17) is 9.47 Å². The number of amides is 1. The van der Waals surface area contributed by atoms with Gasteiger partial charge in [-0.3, -0.25) is 9.89 Å². The number of benzene rings is 2. The third-order valence-electron chi connectivity index (χ3n) is 4.03. The van der Waals surface area contributed by atoms with Gasteiger partial charge in [-0.1, -0.05) is 24.3 Å². The molecule has 0 aliphatic rings. The Morgan fingerprint density at radius 2 is 2.04 bits per heavy atom. The van der Waals surface area contributed by atoms with Gasteiger partial charge in [-0.15, -0.1) is 0 Å². The number of hydrogen-bond donors (Lipinski definition) is 1. The summed E-state index contributed by atoms with van der Waals surface area (Å²) in [5.41, 5.74) is 2.41. The molecule has 26 heavy (non-hydrogen) atoms. The van der Waals surface area contributed by atoms with E-state index in [1.165, 1.54) is 6.08 Å². The molecule has 1 amide bonds. The highest BCUT2D eigenvalue weighted by Crippen LogP contribution is 2.22. The molecule has 6 heteroatoms. The van der Waals surface area contributed by atoms with Crippen molar-refractivity contribution in [3.8, 4) is 5.75 Å². The Kier molecular flexibility index (Phi) is 5.66. The van der Waals surface area contributed by atoms with Crippen molar-refractivity contribution in [3.63, 3.8) is 0 Å². The van der Waals surface area contributed by atoms with Crippen LogP contribution in [-0.2, 0) is 9.53 Å². The Bertz CT molecular complexity index is 917. The second-order valence-corrected chi connectivity index (χ2v) is 5.67. The lowest BCUT2D eigenvalue weighted by molar-refractivity contribution is -0.114. The number of nitrogens with zero attached hydrogens (tertiary/aromatic N) is 2. The molecule has 134 valence electrons. The summed E-state index contributed by atoms with van der Waals surface area (Å²) in [7, 11) is 3.21. The molecule has 0 radical (unpaired) electrons. The first-order valence-electron chi connectivity index (χ1n) is 8.28. The zero-order valence-electron chi connectivity index (χ0n) is 14.8. The van der Waals surface area contributed by atoms with Crippen molar-refractivity contribution >= 4 is 28.6 Å². The number of methoxy groups -OCH3 is 2. The molecule has 0 aliphatic heterocycles. The van der Waals surface area contributed by atoms with Crippen molar-refractivity contribution < 1.29 is 14.3 Å². The van der Waals surface area contributed by atoms with Crippen LogP contribution in [0.5, 0.6) is 5.75 Å². The van der Waals surface area contributed by atoms with Crippen LogP contribution in [0.1, 0.15) is 5.69 Å². The summed E-state index contributed by atoms with van der Waals surface area (Å²) in [6.45, 7) is 0.871. The fraction of sp³-hybridized carbons (Fsp3) is 0.200. The second kappa shape index (κ2) is 8.31. The highest BCUT2D eigenvalue weighted by atomic mass is 16.5. The largest absolute Gasteiger partial charge is 0.497 e. The molecule has 3 rings (SSSR count). The number of rotatable bonds is 7. The molecule has 6 nitrogen and oxygen atoms in total. The Balaban J connectivity index is 1.85. The SMILES string of the molecule is COCCN(C(=O)/C=C/c1n[nH]c2ccccc12)c1cccc(OC)c1. The molecule has 0 unspecified atom stereocenters. The van der Waals surface area contributed by atoms with Gasteiger partial charge in [0.2, 0.25) is 0 Å². The number of hydrogen-bond acceptors (Lipinski definition) is 4. The molecule has 0 saturated heterocycles. The summed E-state index contributed by atoms with van der Waals surface area (Å²) < 4.78 is 10.4. The molecule has 2 aromatic carbocycles. The third kappa shape index (κ3) is 3.92. The second-order valence-electron chi connectivity index (χ2n) is 5.67. The van der Waals surface area contributed by atoms with Gasteiger partial charge in [-0.2, -0.15) is 5.10 Å². The van der Waals surface area contributed by atoms with Gasteiger partial charge in [0.05, 0.1) is 24.9 Å². The Labute approximate surface area is 152 Å². The maximum Gasteiger partial charge on any atom is 0.251 e. The number of nitrogens with one attached hydrogen (secondary N) is 1. The topological polar surface area (TPSA) is 67.5 Å². The lowest BCUT2D eigenvalue weighted by atomic mass is 10.2. The van der Waals surface area contributed by atoms with E-state index < -0.39 is 0 Å². The predicted molar refractivity (Wildman–Crippen MR) is 102 cm³/mol. The quantitative estimate of drug-likeness (QED) is 0.664. The van der Waals surface area contributed by atoms with Crippen LogP contribution in [-0.4, -0.2) is 43.5 Å². The van der Waals surface area contributed by atoms with E-state index in [0.717, 1.165) is 22.3 Å². The van der Waals surface area contributed by atoms with Crippen molar-refractivity contribution in [1.82, 2.24) is 10.2 Å². The molecule has 1 aromatic heterocycles. The van der Waals surface area contributed by atoms with Gasteiger partial charge in [0.25, 0.3) is 5.91 Å². The van der Waals surface area contributed by atoms with E-state index in [1.54, 1.807) is 25.2 Å². The maximum atomic E-state index is 12.8. The van der Waals surface area contributed by atoms with Crippen molar-refractivity contribution in [2.24, 2.45) is 0 Å². The molecular formula is C20H21N3O3. The van der Waals surface area contributed by atoms with E-state index in [1.807, 2.05) is 48.5 Å². The lowest BCUT2D eigenvalue weighted by Gasteiger charge is -2.21. The van der Waals surface area contributed by atoms with Crippen LogP contribution in [0.3, 0.4) is 0 Å². The number of ether oxygens (including phenoxy) is 2. The maximum absolute atomic E-state index is 12.8. The summed E-state index contributed by atoms with van der Waals surface area (Å²) in [5.74, 6) is 0.544. The van der Waals surface area contributed by atoms with E-state index in [2.05, 4.69) is 10.2 Å². The van der Waals surface area contributed by atoms with Crippen molar-refractivity contribution in [2.45, 2.75) is 0 Å². The van der Waals surface area contributed by atoms with Crippen molar-refractivity contribution in [3.05, 3.63) is 60.3 Å². The van der Waals surface area contributed by atoms with Gasteiger partial charge < -0.3 is 14.4 Å². The van der Waals surface area contributed by atoms with Crippen LogP contribution in [0.25, 0.3) is 17.0 Å². The number of carbonyl (C=O) groups excluding carboxylic acids is 1. The predicted octanol–water partition coefficient (Wildman–Crippen LogP) is 3.26. The fourth-order valence-corrected chi connectivity index (χ4v) is 2.68. The average Bonchev–Trinajstić information content (AvgIpc) is 3.10. The zero-order chi connectivity index (χ0) is 18.4. The van der Waals surface area contributed by atoms with Gasteiger partial charge in [0.15, 0.2) is 0 Å². The first-order valence-corrected chi connectivity index (χ1v) is 8.28. The van der Waals surface area contributed by atoms with Crippen LogP contribution >= 0.6 is 0 Å². The molecule has 0 fully saturated rings. The first kappa shape index (κ1) is 17.7. The van der Waals surface area contributed by atoms with Crippen LogP contribution in [0.2, 0.25) is 0 Å². The minimum atomic E-state index is -0.151. The first-order chi connectivity index (χ1) is 12.7. The van der Waals surface area contributed by atoms with Crippen molar-refractivity contribution in [2.75, 3.05) is 32.3 Å². The van der Waals surface area contributed by atoms with E-state index in [0.29, 0.717) is 18.9 Å². The summed E-state index contributed by atoms with van der Waals surface area (Å²) in [6.07, 6.45) is 3.25. The number of anilines is 1. The molecule has 0 aliphatic carbocycles. The Morgan fingerprint density at radius 3 is 2.85 bits per heavy atom. The standard InChI is InChI=1S/C20H21N3O3/c1-25-13-12-23(15-6-5-7-16(14-15)26-2)20(24)11-10-19-17-8-3-4-9-18(17)21-22-19/h3-11,14H,12-13H2,1-2H3,(H,21,22)/b11-10+. The van der Waals surface area contributed by atoms with Gasteiger partial charge in [0, 0.05) is 36.9 Å².